The Kier molecular flexibility index (Phi) is 12.6. The topological polar surface area (TPSA) is 0 Å². The van der Waals surface area contributed by atoms with Crippen molar-refractivity contribution in [1.29, 1.82) is 0 Å². The summed E-state index contributed by atoms with van der Waals surface area (Å²) < 4.78 is 114. The van der Waals surface area contributed by atoms with Crippen LogP contribution in [0.4, 0.5) is 39.5 Å². The van der Waals surface area contributed by atoms with Crippen LogP contribution in [-0.2, 0) is 0 Å². The summed E-state index contributed by atoms with van der Waals surface area (Å²) >= 11 is 0. The van der Waals surface area contributed by atoms with Crippen LogP contribution in [0, 0.1) is 0 Å². The standard InChI is InChI=1S/C20H33F9/c1-2-3-4-5-6-7-8-9-10-11-12-13-14-15-16-17(21,22)18(23,24)19(25,26)20(27,28)29/h2-16H2,1H3. The van der Waals surface area contributed by atoms with Gasteiger partial charge in [0.25, 0.3) is 0 Å². The van der Waals surface area contributed by atoms with Gasteiger partial charge in [-0.3, -0.25) is 0 Å². The molecule has 0 aromatic rings. The van der Waals surface area contributed by atoms with Crippen LogP contribution in [0.3, 0.4) is 0 Å². The van der Waals surface area contributed by atoms with Gasteiger partial charge in [-0.1, -0.05) is 90.4 Å². The first-order valence-electron chi connectivity index (χ1n) is 10.5. The fourth-order valence-electron chi connectivity index (χ4n) is 3.11. The molecule has 0 amide bonds. The number of hydrogen-bond acceptors (Lipinski definition) is 0. The zero-order valence-electron chi connectivity index (χ0n) is 17.0. The van der Waals surface area contributed by atoms with Crippen LogP contribution in [0.5, 0.6) is 0 Å². The van der Waals surface area contributed by atoms with Crippen molar-refractivity contribution in [3.63, 3.8) is 0 Å². The van der Waals surface area contributed by atoms with Gasteiger partial charge < -0.3 is 0 Å². The largest absolute Gasteiger partial charge is 0.460 e. The molecule has 0 radical (unpaired) electrons. The molecule has 29 heavy (non-hydrogen) atoms. The van der Waals surface area contributed by atoms with Crippen LogP contribution in [-0.4, -0.2) is 23.9 Å². The summed E-state index contributed by atoms with van der Waals surface area (Å²) in [6, 6.07) is 0. The second kappa shape index (κ2) is 12.9. The minimum absolute atomic E-state index is 0.0840. The van der Waals surface area contributed by atoms with E-state index >= 15 is 0 Å². The van der Waals surface area contributed by atoms with Gasteiger partial charge in [-0.2, -0.15) is 39.5 Å². The van der Waals surface area contributed by atoms with Crippen LogP contribution in [0.15, 0.2) is 0 Å². The Labute approximate surface area is 167 Å². The monoisotopic (exact) mass is 444 g/mol. The van der Waals surface area contributed by atoms with Gasteiger partial charge in [0.15, 0.2) is 0 Å². The zero-order chi connectivity index (χ0) is 22.6. The molecule has 0 aliphatic rings. The molecule has 0 aliphatic carbocycles. The van der Waals surface area contributed by atoms with Crippen molar-refractivity contribution in [3.8, 4) is 0 Å². The van der Waals surface area contributed by atoms with Crippen molar-refractivity contribution in [1.82, 2.24) is 0 Å². The minimum Gasteiger partial charge on any atom is -0.200 e. The molecule has 0 fully saturated rings. The maximum atomic E-state index is 13.3. The van der Waals surface area contributed by atoms with Crippen LogP contribution in [0.1, 0.15) is 103 Å². The molecule has 0 rings (SSSR count). The Morgan fingerprint density at radius 1 is 0.414 bits per heavy atom. The van der Waals surface area contributed by atoms with E-state index in [0.29, 0.717) is 12.8 Å². The third-order valence-electron chi connectivity index (χ3n) is 5.05. The molecule has 0 aromatic heterocycles. The number of rotatable bonds is 17. The molecule has 9 heteroatoms. The molecule has 0 unspecified atom stereocenters. The van der Waals surface area contributed by atoms with E-state index in [2.05, 4.69) is 6.92 Å². The first kappa shape index (κ1) is 28.4. The third-order valence-corrected chi connectivity index (χ3v) is 5.05. The summed E-state index contributed by atoms with van der Waals surface area (Å²) in [6.07, 6.45) is 3.62. The molecule has 0 aliphatic heterocycles. The molecule has 0 bridgehead atoms. The lowest BCUT2D eigenvalue weighted by atomic mass is 9.97. The van der Waals surface area contributed by atoms with E-state index in [1.54, 1.807) is 0 Å². The second-order valence-electron chi connectivity index (χ2n) is 7.70. The van der Waals surface area contributed by atoms with E-state index in [4.69, 9.17) is 0 Å². The molecule has 0 atom stereocenters. The van der Waals surface area contributed by atoms with E-state index in [1.807, 2.05) is 0 Å². The maximum absolute atomic E-state index is 13.3. The summed E-state index contributed by atoms with van der Waals surface area (Å²) in [6.45, 7) is 2.16. The molecule has 0 heterocycles. The Morgan fingerprint density at radius 2 is 0.724 bits per heavy atom. The van der Waals surface area contributed by atoms with E-state index in [0.717, 1.165) is 25.7 Å². The van der Waals surface area contributed by atoms with Crippen LogP contribution < -0.4 is 0 Å². The first-order valence-corrected chi connectivity index (χ1v) is 10.5. The van der Waals surface area contributed by atoms with Gasteiger partial charge in [-0.15, -0.1) is 0 Å². The third kappa shape index (κ3) is 9.37. The lowest BCUT2D eigenvalue weighted by Gasteiger charge is -2.33. The van der Waals surface area contributed by atoms with Gasteiger partial charge in [0, 0.05) is 6.42 Å². The van der Waals surface area contributed by atoms with Gasteiger partial charge >= 0.3 is 23.9 Å². The SMILES string of the molecule is CCCCCCCCCCCCCCCCC(F)(F)C(F)(F)C(F)(F)C(F)(F)F. The number of alkyl halides is 9. The van der Waals surface area contributed by atoms with E-state index < -0.39 is 36.8 Å². The molecule has 0 aromatic carbocycles. The van der Waals surface area contributed by atoms with Gasteiger partial charge in [0.05, 0.1) is 0 Å². The Bertz CT molecular complexity index is 417. The highest BCUT2D eigenvalue weighted by Crippen LogP contribution is 2.54. The van der Waals surface area contributed by atoms with Crippen molar-refractivity contribution in [2.45, 2.75) is 127 Å². The summed E-state index contributed by atoms with van der Waals surface area (Å²) in [4.78, 5) is 0. The summed E-state index contributed by atoms with van der Waals surface area (Å²) in [7, 11) is 0. The lowest BCUT2D eigenvalue weighted by Crippen LogP contribution is -2.60. The fraction of sp³-hybridized carbons (Fsp3) is 1.00. The highest BCUT2D eigenvalue weighted by molar-refractivity contribution is 5.00. The van der Waals surface area contributed by atoms with Crippen molar-refractivity contribution >= 4 is 0 Å². The number of hydrogen-bond donors (Lipinski definition) is 0. The molecule has 0 saturated carbocycles. The van der Waals surface area contributed by atoms with Crippen molar-refractivity contribution in [2.24, 2.45) is 0 Å². The molecule has 0 N–H and O–H groups in total. The van der Waals surface area contributed by atoms with Crippen molar-refractivity contribution in [2.75, 3.05) is 0 Å². The average molecular weight is 444 g/mol. The summed E-state index contributed by atoms with van der Waals surface area (Å²) in [5.74, 6) is -18.7. The van der Waals surface area contributed by atoms with Crippen LogP contribution in [0.2, 0.25) is 0 Å². The summed E-state index contributed by atoms with van der Waals surface area (Å²) in [5, 5.41) is 0. The molecule has 176 valence electrons. The zero-order valence-corrected chi connectivity index (χ0v) is 17.0. The molecule has 0 nitrogen and oxygen atoms in total. The predicted octanol–water partition coefficient (Wildman–Crippen LogP) is 9.33. The lowest BCUT2D eigenvalue weighted by molar-refractivity contribution is -0.396. The van der Waals surface area contributed by atoms with Gasteiger partial charge in [0.1, 0.15) is 0 Å². The smallest absolute Gasteiger partial charge is 0.200 e. The van der Waals surface area contributed by atoms with Crippen molar-refractivity contribution < 1.29 is 39.5 Å². The molecule has 0 saturated heterocycles. The molecule has 0 spiro atoms. The Hall–Kier alpha value is -0.630. The van der Waals surface area contributed by atoms with E-state index in [1.165, 1.54) is 38.5 Å². The summed E-state index contributed by atoms with van der Waals surface area (Å²) in [5.41, 5.74) is 0. The van der Waals surface area contributed by atoms with Gasteiger partial charge in [0.2, 0.25) is 0 Å². The van der Waals surface area contributed by atoms with Gasteiger partial charge in [-0.05, 0) is 6.42 Å². The van der Waals surface area contributed by atoms with Crippen LogP contribution in [0.25, 0.3) is 0 Å². The molecular formula is C20H33F9. The Balaban J connectivity index is 3.89. The van der Waals surface area contributed by atoms with E-state index in [-0.39, 0.29) is 6.42 Å². The normalized spacial score (nSPS) is 13.9. The van der Waals surface area contributed by atoms with Gasteiger partial charge in [-0.25, -0.2) is 0 Å². The fourth-order valence-corrected chi connectivity index (χ4v) is 3.11. The first-order chi connectivity index (χ1) is 13.3. The number of unbranched alkanes of at least 4 members (excludes halogenated alkanes) is 13. The maximum Gasteiger partial charge on any atom is 0.460 e. The minimum atomic E-state index is -6.78. The van der Waals surface area contributed by atoms with Crippen molar-refractivity contribution in [3.05, 3.63) is 0 Å². The predicted molar refractivity (Wildman–Crippen MR) is 95.8 cm³/mol. The second-order valence-corrected chi connectivity index (χ2v) is 7.70. The van der Waals surface area contributed by atoms with E-state index in [9.17, 15) is 39.5 Å². The van der Waals surface area contributed by atoms with Crippen LogP contribution >= 0.6 is 0 Å². The number of halogens is 9. The molecular weight excluding hydrogens is 411 g/mol. The quantitative estimate of drug-likeness (QED) is 0.155. The highest BCUT2D eigenvalue weighted by atomic mass is 19.4. The average Bonchev–Trinajstić information content (AvgIpc) is 2.60. The highest BCUT2D eigenvalue weighted by Gasteiger charge is 2.81. The Morgan fingerprint density at radius 3 is 1.03 bits per heavy atom.